The number of rotatable bonds is 5. The fourth-order valence-corrected chi connectivity index (χ4v) is 2.91. The van der Waals surface area contributed by atoms with Crippen LogP contribution < -0.4 is 10.2 Å². The van der Waals surface area contributed by atoms with Gasteiger partial charge in [-0.3, -0.25) is 14.4 Å². The molecule has 130 valence electrons. The molecule has 1 aromatic rings. The van der Waals surface area contributed by atoms with E-state index in [1.165, 1.54) is 20.3 Å². The van der Waals surface area contributed by atoms with Crippen molar-refractivity contribution in [2.45, 2.75) is 39.5 Å². The first-order chi connectivity index (χ1) is 11.5. The topological polar surface area (TPSA) is 69.7 Å². The molecular formula is C18H25N3O3. The van der Waals surface area contributed by atoms with Crippen molar-refractivity contribution in [2.75, 3.05) is 29.9 Å². The highest BCUT2D eigenvalue weighted by Crippen LogP contribution is 2.19. The third kappa shape index (κ3) is 5.08. The van der Waals surface area contributed by atoms with E-state index in [0.717, 1.165) is 31.6 Å². The molecule has 2 rings (SSSR count). The van der Waals surface area contributed by atoms with E-state index < -0.39 is 0 Å². The predicted molar refractivity (Wildman–Crippen MR) is 93.8 cm³/mol. The van der Waals surface area contributed by atoms with Crippen LogP contribution in [0.2, 0.25) is 0 Å². The van der Waals surface area contributed by atoms with Crippen molar-refractivity contribution < 1.29 is 14.4 Å². The maximum Gasteiger partial charge on any atom is 0.224 e. The van der Waals surface area contributed by atoms with Gasteiger partial charge in [0, 0.05) is 51.3 Å². The third-order valence-corrected chi connectivity index (χ3v) is 4.14. The van der Waals surface area contributed by atoms with E-state index in [0.29, 0.717) is 18.7 Å². The van der Waals surface area contributed by atoms with Crippen LogP contribution >= 0.6 is 0 Å². The minimum Gasteiger partial charge on any atom is -0.343 e. The smallest absolute Gasteiger partial charge is 0.224 e. The van der Waals surface area contributed by atoms with Gasteiger partial charge in [-0.25, -0.2) is 0 Å². The van der Waals surface area contributed by atoms with E-state index in [9.17, 15) is 14.4 Å². The Bertz CT molecular complexity index is 592. The zero-order valence-electron chi connectivity index (χ0n) is 14.4. The second kappa shape index (κ2) is 8.47. The molecule has 1 heterocycles. The maximum absolute atomic E-state index is 12.3. The van der Waals surface area contributed by atoms with E-state index in [-0.39, 0.29) is 17.7 Å². The average Bonchev–Trinajstić information content (AvgIpc) is 2.56. The lowest BCUT2D eigenvalue weighted by atomic mass is 10.1. The number of hydrogen-bond acceptors (Lipinski definition) is 3. The Kier molecular flexibility index (Phi) is 6.35. The largest absolute Gasteiger partial charge is 0.343 e. The Morgan fingerprint density at radius 1 is 1.04 bits per heavy atom. The fraction of sp³-hybridized carbons (Fsp3) is 0.500. The van der Waals surface area contributed by atoms with Crippen LogP contribution in [0.25, 0.3) is 0 Å². The summed E-state index contributed by atoms with van der Waals surface area (Å²) in [4.78, 5) is 38.7. The zero-order chi connectivity index (χ0) is 17.5. The minimum absolute atomic E-state index is 0.103. The Balaban J connectivity index is 1.97. The van der Waals surface area contributed by atoms with Crippen LogP contribution in [0.5, 0.6) is 0 Å². The van der Waals surface area contributed by atoms with Crippen molar-refractivity contribution in [1.29, 1.82) is 0 Å². The molecule has 0 unspecified atom stereocenters. The SMILES string of the molecule is CC(=O)Nc1ccc(N(CCC(=O)N2CCCCC2)C(C)=O)cc1. The van der Waals surface area contributed by atoms with E-state index in [4.69, 9.17) is 0 Å². The lowest BCUT2D eigenvalue weighted by Gasteiger charge is -2.28. The molecular weight excluding hydrogens is 306 g/mol. The van der Waals surface area contributed by atoms with E-state index >= 15 is 0 Å². The summed E-state index contributed by atoms with van der Waals surface area (Å²) >= 11 is 0. The third-order valence-electron chi connectivity index (χ3n) is 4.14. The van der Waals surface area contributed by atoms with Crippen LogP contribution in [-0.4, -0.2) is 42.3 Å². The van der Waals surface area contributed by atoms with Gasteiger partial charge in [-0.05, 0) is 43.5 Å². The molecule has 0 saturated carbocycles. The lowest BCUT2D eigenvalue weighted by Crippen LogP contribution is -2.38. The summed E-state index contributed by atoms with van der Waals surface area (Å²) in [6, 6.07) is 7.05. The van der Waals surface area contributed by atoms with E-state index in [1.54, 1.807) is 29.2 Å². The summed E-state index contributed by atoms with van der Waals surface area (Å²) in [6.45, 7) is 4.95. The van der Waals surface area contributed by atoms with Crippen LogP contribution in [0.4, 0.5) is 11.4 Å². The Labute approximate surface area is 142 Å². The average molecular weight is 331 g/mol. The van der Waals surface area contributed by atoms with Crippen LogP contribution in [-0.2, 0) is 14.4 Å². The molecule has 0 bridgehead atoms. The Morgan fingerprint density at radius 2 is 1.67 bits per heavy atom. The molecule has 3 amide bonds. The molecule has 1 aromatic carbocycles. The Hall–Kier alpha value is -2.37. The molecule has 0 atom stereocenters. The minimum atomic E-state index is -0.140. The van der Waals surface area contributed by atoms with Gasteiger partial charge in [0.15, 0.2) is 0 Å². The number of nitrogens with zero attached hydrogens (tertiary/aromatic N) is 2. The molecule has 24 heavy (non-hydrogen) atoms. The monoisotopic (exact) mass is 331 g/mol. The van der Waals surface area contributed by atoms with Gasteiger partial charge in [0.1, 0.15) is 0 Å². The molecule has 0 aromatic heterocycles. The molecule has 0 spiro atoms. The van der Waals surface area contributed by atoms with Crippen molar-refractivity contribution in [3.05, 3.63) is 24.3 Å². The number of carbonyl (C=O) groups excluding carboxylic acids is 3. The zero-order valence-corrected chi connectivity index (χ0v) is 14.4. The van der Waals surface area contributed by atoms with Gasteiger partial charge in [0.05, 0.1) is 0 Å². The molecule has 1 aliphatic heterocycles. The molecule has 0 aliphatic carbocycles. The van der Waals surface area contributed by atoms with Gasteiger partial charge >= 0.3 is 0 Å². The van der Waals surface area contributed by atoms with Crippen molar-refractivity contribution in [2.24, 2.45) is 0 Å². The van der Waals surface area contributed by atoms with Crippen LogP contribution in [0.1, 0.15) is 39.5 Å². The number of amides is 3. The van der Waals surface area contributed by atoms with Gasteiger partial charge < -0.3 is 15.1 Å². The number of anilines is 2. The summed E-state index contributed by atoms with van der Waals surface area (Å²) in [5, 5.41) is 2.69. The summed E-state index contributed by atoms with van der Waals surface area (Å²) in [5.41, 5.74) is 1.40. The quantitative estimate of drug-likeness (QED) is 0.901. The van der Waals surface area contributed by atoms with Gasteiger partial charge in [-0.2, -0.15) is 0 Å². The summed E-state index contributed by atoms with van der Waals surface area (Å²) in [7, 11) is 0. The fourth-order valence-electron chi connectivity index (χ4n) is 2.91. The normalized spacial score (nSPS) is 14.2. The number of likely N-dealkylation sites (tertiary alicyclic amines) is 1. The number of nitrogens with one attached hydrogen (secondary N) is 1. The molecule has 1 saturated heterocycles. The summed E-state index contributed by atoms with van der Waals surface area (Å²) in [6.07, 6.45) is 3.64. The lowest BCUT2D eigenvalue weighted by molar-refractivity contribution is -0.131. The maximum atomic E-state index is 12.3. The number of piperidine rings is 1. The van der Waals surface area contributed by atoms with Crippen LogP contribution in [0, 0.1) is 0 Å². The van der Waals surface area contributed by atoms with Crippen molar-refractivity contribution in [3.8, 4) is 0 Å². The first-order valence-corrected chi connectivity index (χ1v) is 8.41. The van der Waals surface area contributed by atoms with Crippen molar-refractivity contribution >= 4 is 29.1 Å². The second-order valence-electron chi connectivity index (χ2n) is 6.09. The predicted octanol–water partition coefficient (Wildman–Crippen LogP) is 2.40. The standard InChI is InChI=1S/C18H25N3O3/c1-14(22)19-16-6-8-17(9-7-16)21(15(2)23)13-10-18(24)20-11-4-3-5-12-20/h6-9H,3-5,10-13H2,1-2H3,(H,19,22). The van der Waals surface area contributed by atoms with Gasteiger partial charge in [0.2, 0.25) is 17.7 Å². The van der Waals surface area contributed by atoms with Crippen LogP contribution in [0.3, 0.4) is 0 Å². The number of benzene rings is 1. The second-order valence-corrected chi connectivity index (χ2v) is 6.09. The number of hydrogen-bond donors (Lipinski definition) is 1. The molecule has 6 nitrogen and oxygen atoms in total. The summed E-state index contributed by atoms with van der Waals surface area (Å²) in [5.74, 6) is -0.136. The van der Waals surface area contributed by atoms with E-state index in [1.807, 2.05) is 4.90 Å². The van der Waals surface area contributed by atoms with Crippen LogP contribution in [0.15, 0.2) is 24.3 Å². The first kappa shape index (κ1) is 18.0. The van der Waals surface area contributed by atoms with E-state index in [2.05, 4.69) is 5.32 Å². The highest BCUT2D eigenvalue weighted by atomic mass is 16.2. The van der Waals surface area contributed by atoms with Crippen molar-refractivity contribution in [3.63, 3.8) is 0 Å². The molecule has 1 aliphatic rings. The van der Waals surface area contributed by atoms with Gasteiger partial charge in [-0.15, -0.1) is 0 Å². The summed E-state index contributed by atoms with van der Waals surface area (Å²) < 4.78 is 0. The molecule has 0 radical (unpaired) electrons. The first-order valence-electron chi connectivity index (χ1n) is 8.41. The van der Waals surface area contributed by atoms with Gasteiger partial charge in [-0.1, -0.05) is 0 Å². The highest BCUT2D eigenvalue weighted by molar-refractivity contribution is 5.93. The Morgan fingerprint density at radius 3 is 2.21 bits per heavy atom. The van der Waals surface area contributed by atoms with Crippen molar-refractivity contribution in [1.82, 2.24) is 4.90 Å². The molecule has 6 heteroatoms. The number of carbonyl (C=O) groups is 3. The molecule has 1 fully saturated rings. The highest BCUT2D eigenvalue weighted by Gasteiger charge is 2.19. The van der Waals surface area contributed by atoms with Gasteiger partial charge in [0.25, 0.3) is 0 Å². The molecule has 1 N–H and O–H groups in total.